The first kappa shape index (κ1) is 27.9. The molecule has 0 aliphatic carbocycles. The quantitative estimate of drug-likeness (QED) is 0.131. The molecule has 0 radical (unpaired) electrons. The van der Waals surface area contributed by atoms with E-state index in [1.807, 2.05) is 60.7 Å². The van der Waals surface area contributed by atoms with E-state index in [2.05, 4.69) is 105 Å². The van der Waals surface area contributed by atoms with Gasteiger partial charge in [-0.1, -0.05) is 141 Å². The highest BCUT2D eigenvalue weighted by Crippen LogP contribution is 2.52. The lowest BCUT2D eigenvalue weighted by atomic mass is 9.78. The molecule has 0 saturated heterocycles. The summed E-state index contributed by atoms with van der Waals surface area (Å²) in [7, 11) is 0. The predicted octanol–water partition coefficient (Wildman–Crippen LogP) is 12.2. The molecule has 10 rings (SSSR count). The van der Waals surface area contributed by atoms with Gasteiger partial charge in [-0.15, -0.1) is 0 Å². The van der Waals surface area contributed by atoms with Crippen LogP contribution in [0.5, 0.6) is 0 Å². The number of halogens is 2. The molecule has 0 aliphatic rings. The summed E-state index contributed by atoms with van der Waals surface area (Å²) in [6.45, 7) is 0. The maximum atomic E-state index is 14.3. The molecule has 0 saturated carbocycles. The molecule has 224 valence electrons. The maximum absolute atomic E-state index is 14.3. The smallest absolute Gasteiger partial charge is 0.194 e. The number of rotatable bonds is 2. The van der Waals surface area contributed by atoms with E-state index in [0.29, 0.717) is 21.5 Å². The van der Waals surface area contributed by atoms with Crippen molar-refractivity contribution < 1.29 is 0 Å². The van der Waals surface area contributed by atoms with Crippen molar-refractivity contribution in [1.29, 1.82) is 0 Å². The Morgan fingerprint density at radius 2 is 0.604 bits per heavy atom. The molecule has 0 aliphatic heterocycles. The molecule has 4 heteroatoms. The van der Waals surface area contributed by atoms with E-state index in [9.17, 15) is 9.59 Å². The fraction of sp³-hybridized carbons (Fsp3) is 0. The zero-order valence-corrected chi connectivity index (χ0v) is 28.4. The van der Waals surface area contributed by atoms with E-state index in [4.69, 9.17) is 0 Å². The average Bonchev–Trinajstić information content (AvgIpc) is 3.13. The average molecular weight is 742 g/mol. The summed E-state index contributed by atoms with van der Waals surface area (Å²) < 4.78 is 1.98. The van der Waals surface area contributed by atoms with E-state index in [0.717, 1.165) is 85.1 Å². The fourth-order valence-corrected chi connectivity index (χ4v) is 8.69. The van der Waals surface area contributed by atoms with Crippen molar-refractivity contribution in [2.45, 2.75) is 0 Å². The molecule has 10 aromatic rings. The van der Waals surface area contributed by atoms with Crippen LogP contribution >= 0.6 is 31.9 Å². The van der Waals surface area contributed by atoms with Crippen LogP contribution in [-0.2, 0) is 0 Å². The molecule has 2 nitrogen and oxygen atoms in total. The Morgan fingerprint density at radius 3 is 1.00 bits per heavy atom. The number of fused-ring (bicyclic) bond motifs is 7. The molecule has 0 unspecified atom stereocenters. The van der Waals surface area contributed by atoms with Crippen molar-refractivity contribution in [3.8, 4) is 22.3 Å². The summed E-state index contributed by atoms with van der Waals surface area (Å²) >= 11 is 7.32. The van der Waals surface area contributed by atoms with Gasteiger partial charge < -0.3 is 0 Å². The highest BCUT2D eigenvalue weighted by Gasteiger charge is 2.27. The molecule has 0 fully saturated rings. The van der Waals surface area contributed by atoms with Gasteiger partial charge in [-0.05, 0) is 89.6 Å². The lowest BCUT2D eigenvalue weighted by Crippen LogP contribution is -2.06. The fourth-order valence-electron chi connectivity index (χ4n) is 8.16. The van der Waals surface area contributed by atoms with Crippen molar-refractivity contribution in [2.75, 3.05) is 0 Å². The Bertz CT molecular complexity index is 2880. The third-order valence-corrected chi connectivity index (χ3v) is 11.1. The largest absolute Gasteiger partial charge is 0.289 e. The van der Waals surface area contributed by atoms with E-state index < -0.39 is 0 Å². The molecule has 10 aromatic carbocycles. The van der Waals surface area contributed by atoms with E-state index >= 15 is 0 Å². The van der Waals surface area contributed by atoms with Gasteiger partial charge in [0, 0.05) is 41.3 Å². The Morgan fingerprint density at radius 1 is 0.292 bits per heavy atom. The number of benzene rings is 10. The SMILES string of the molecule is O=c1c2ccccc2c2c(-c3ccc(Br)cc3)c3c4cccc5c(=O)c6ccccc6c(c(-c6ccc(Br)cc6)c3c3cccc1c32)c54. The van der Waals surface area contributed by atoms with Crippen LogP contribution in [0.3, 0.4) is 0 Å². The van der Waals surface area contributed by atoms with Gasteiger partial charge in [0.2, 0.25) is 0 Å². The summed E-state index contributed by atoms with van der Waals surface area (Å²) in [4.78, 5) is 28.5. The van der Waals surface area contributed by atoms with Gasteiger partial charge in [0.25, 0.3) is 0 Å². The van der Waals surface area contributed by atoms with Crippen LogP contribution in [0.4, 0.5) is 0 Å². The lowest BCUT2D eigenvalue weighted by Gasteiger charge is -2.24. The first-order chi connectivity index (χ1) is 23.5. The van der Waals surface area contributed by atoms with Gasteiger partial charge in [-0.3, -0.25) is 9.59 Å². The Balaban J connectivity index is 1.66. The summed E-state index contributed by atoms with van der Waals surface area (Å²) in [5.74, 6) is 0. The Hall–Kier alpha value is -5.16. The first-order valence-corrected chi connectivity index (χ1v) is 17.4. The minimum absolute atomic E-state index is 0.0374. The number of hydrogen-bond acceptors (Lipinski definition) is 2. The lowest BCUT2D eigenvalue weighted by molar-refractivity contribution is 1.63. The molecule has 0 heterocycles. The van der Waals surface area contributed by atoms with Crippen molar-refractivity contribution in [2.24, 2.45) is 0 Å². The minimum atomic E-state index is 0.0374. The van der Waals surface area contributed by atoms with Crippen LogP contribution < -0.4 is 10.9 Å². The van der Waals surface area contributed by atoms with Gasteiger partial charge in [-0.25, -0.2) is 0 Å². The molecular weight excluding hydrogens is 720 g/mol. The second kappa shape index (κ2) is 10.2. The third kappa shape index (κ3) is 3.67. The van der Waals surface area contributed by atoms with Gasteiger partial charge in [0.1, 0.15) is 0 Å². The van der Waals surface area contributed by atoms with Crippen LogP contribution in [0.15, 0.2) is 152 Å². The minimum Gasteiger partial charge on any atom is -0.289 e. The van der Waals surface area contributed by atoms with Crippen LogP contribution in [0.25, 0.3) is 97.7 Å². The van der Waals surface area contributed by atoms with Crippen molar-refractivity contribution in [1.82, 2.24) is 0 Å². The summed E-state index contributed by atoms with van der Waals surface area (Å²) in [6.07, 6.45) is 0. The molecule has 0 amide bonds. The summed E-state index contributed by atoms with van der Waals surface area (Å²) in [5.41, 5.74) is 4.29. The van der Waals surface area contributed by atoms with Crippen LogP contribution in [0, 0.1) is 0 Å². The molecule has 0 N–H and O–H groups in total. The first-order valence-electron chi connectivity index (χ1n) is 15.8. The van der Waals surface area contributed by atoms with Gasteiger partial charge in [0.15, 0.2) is 10.9 Å². The Kier molecular flexibility index (Phi) is 5.91. The topological polar surface area (TPSA) is 34.1 Å². The highest BCUT2D eigenvalue weighted by molar-refractivity contribution is 9.10. The van der Waals surface area contributed by atoms with Crippen molar-refractivity contribution in [3.63, 3.8) is 0 Å². The maximum Gasteiger partial charge on any atom is 0.194 e. The van der Waals surface area contributed by atoms with Gasteiger partial charge in [-0.2, -0.15) is 0 Å². The van der Waals surface area contributed by atoms with Crippen LogP contribution in [0.2, 0.25) is 0 Å². The van der Waals surface area contributed by atoms with Gasteiger partial charge >= 0.3 is 0 Å². The second-order valence-corrected chi connectivity index (χ2v) is 14.3. The molecule has 0 aromatic heterocycles. The zero-order chi connectivity index (χ0) is 32.3. The molecular formula is C44H22Br2O2. The summed E-state index contributed by atoms with van der Waals surface area (Å²) in [5, 5.41) is 12.9. The zero-order valence-electron chi connectivity index (χ0n) is 25.3. The molecule has 48 heavy (non-hydrogen) atoms. The standard InChI is InChI=1S/C44H22Br2O2/c45-25-19-15-23(16-20-25)35-39-27-7-1-3-9-29(27)43(47)33-13-5-11-31(37(33)39)42-36(24-17-21-26(46)22-18-24)40-28-8-2-4-10-30(28)44(48)34-14-6-12-32(38(34)40)41(35)42/h1-22H. The monoisotopic (exact) mass is 740 g/mol. The second-order valence-electron chi connectivity index (χ2n) is 12.5. The van der Waals surface area contributed by atoms with E-state index in [1.54, 1.807) is 0 Å². The molecule has 0 bridgehead atoms. The molecule has 0 spiro atoms. The highest BCUT2D eigenvalue weighted by atomic mass is 79.9. The predicted molar refractivity (Wildman–Crippen MR) is 210 cm³/mol. The summed E-state index contributed by atoms with van der Waals surface area (Å²) in [6, 6.07) is 45.2. The molecule has 0 atom stereocenters. The van der Waals surface area contributed by atoms with E-state index in [-0.39, 0.29) is 10.9 Å². The van der Waals surface area contributed by atoms with Gasteiger partial charge in [0.05, 0.1) is 0 Å². The van der Waals surface area contributed by atoms with Crippen LogP contribution in [0.1, 0.15) is 0 Å². The number of hydrogen-bond donors (Lipinski definition) is 0. The van der Waals surface area contributed by atoms with E-state index in [1.165, 1.54) is 0 Å². The third-order valence-electron chi connectivity index (χ3n) is 10.1. The van der Waals surface area contributed by atoms with Crippen LogP contribution in [-0.4, -0.2) is 0 Å². The van der Waals surface area contributed by atoms with Crippen molar-refractivity contribution in [3.05, 3.63) is 163 Å². The Labute approximate surface area is 290 Å². The normalized spacial score (nSPS) is 12.1. The van der Waals surface area contributed by atoms with Crippen molar-refractivity contribution >= 4 is 107 Å².